The summed E-state index contributed by atoms with van der Waals surface area (Å²) in [7, 11) is -3.06. The molecule has 0 atom stereocenters. The molecule has 0 fully saturated rings. The van der Waals surface area contributed by atoms with Gasteiger partial charge in [0, 0.05) is 22.5 Å². The number of ether oxygens (including phenoxy) is 1. The maximum Gasteiger partial charge on any atom is 0.341 e. The molecule has 0 N–H and O–H groups in total. The lowest BCUT2D eigenvalue weighted by Gasteiger charge is -2.57. The van der Waals surface area contributed by atoms with E-state index in [9.17, 15) is 0 Å². The van der Waals surface area contributed by atoms with E-state index < -0.39 is 8.40 Å². The van der Waals surface area contributed by atoms with Crippen LogP contribution in [0.3, 0.4) is 0 Å². The fourth-order valence-electron chi connectivity index (χ4n) is 7.10. The number of nitrogens with zero attached hydrogens (tertiary/aromatic N) is 2. The smallest absolute Gasteiger partial charge is 0.341 e. The van der Waals surface area contributed by atoms with Gasteiger partial charge in [0.15, 0.2) is 0 Å². The second-order valence-electron chi connectivity index (χ2n) is 10.5. The predicted octanol–water partition coefficient (Wildman–Crippen LogP) is 7.99. The molecule has 0 saturated heterocycles. The Kier molecular flexibility index (Phi) is 4.35. The molecule has 0 aromatic heterocycles. The summed E-state index contributed by atoms with van der Waals surface area (Å²) >= 11 is 0. The van der Waals surface area contributed by atoms with Crippen molar-refractivity contribution in [3.05, 3.63) is 146 Å². The van der Waals surface area contributed by atoms with Crippen molar-refractivity contribution in [1.82, 2.24) is 0 Å². The average molecular weight is 529 g/mol. The van der Waals surface area contributed by atoms with Crippen LogP contribution in [0.15, 0.2) is 146 Å². The van der Waals surface area contributed by atoms with E-state index in [-0.39, 0.29) is 0 Å². The van der Waals surface area contributed by atoms with Crippen molar-refractivity contribution >= 4 is 41.5 Å². The number of fused-ring (bicyclic) bond motifs is 12. The Bertz CT molecular complexity index is 1840. The van der Waals surface area contributed by atoms with Gasteiger partial charge in [-0.1, -0.05) is 109 Å². The topological polar surface area (TPSA) is 15.7 Å². The first-order chi connectivity index (χ1) is 19.9. The van der Waals surface area contributed by atoms with E-state index in [1.54, 1.807) is 0 Å². The van der Waals surface area contributed by atoms with Crippen molar-refractivity contribution in [2.45, 2.75) is 0 Å². The number of para-hydroxylation sites is 6. The van der Waals surface area contributed by atoms with Crippen LogP contribution in [0.25, 0.3) is 22.3 Å². The number of rotatable bonds is 0. The van der Waals surface area contributed by atoms with Crippen LogP contribution in [-0.2, 0) is 0 Å². The van der Waals surface area contributed by atoms with E-state index >= 15 is 0 Å². The molecule has 9 rings (SSSR count). The first-order valence-corrected chi connectivity index (χ1v) is 15.6. The van der Waals surface area contributed by atoms with Crippen LogP contribution in [0, 0.1) is 0 Å². The molecule has 40 heavy (non-hydrogen) atoms. The van der Waals surface area contributed by atoms with E-state index in [1.165, 1.54) is 44.0 Å². The predicted molar refractivity (Wildman–Crippen MR) is 166 cm³/mol. The van der Waals surface area contributed by atoms with Gasteiger partial charge in [-0.3, -0.25) is 0 Å². The SMILES string of the molecule is c1ccc2c(c1)Oc1ccccc1N1c3ccccc3-c3ccccc3[Si]13c1ccccc1-c1ccccc1N23. The fraction of sp³-hybridized carbons (Fsp3) is 0. The van der Waals surface area contributed by atoms with Crippen molar-refractivity contribution in [2.75, 3.05) is 9.13 Å². The van der Waals surface area contributed by atoms with Crippen LogP contribution in [0.1, 0.15) is 0 Å². The molecule has 3 aliphatic heterocycles. The molecular weight excluding hydrogens is 504 g/mol. The van der Waals surface area contributed by atoms with Gasteiger partial charge < -0.3 is 13.9 Å². The molecule has 4 heteroatoms. The molecule has 0 amide bonds. The molecule has 6 aromatic rings. The van der Waals surface area contributed by atoms with Gasteiger partial charge in [0.25, 0.3) is 0 Å². The third-order valence-electron chi connectivity index (χ3n) is 8.55. The van der Waals surface area contributed by atoms with Gasteiger partial charge in [-0.25, -0.2) is 0 Å². The normalized spacial score (nSPS) is 14.8. The molecule has 1 spiro atoms. The Morgan fingerprint density at radius 2 is 0.700 bits per heavy atom. The molecule has 0 aliphatic carbocycles. The fourth-order valence-corrected chi connectivity index (χ4v) is 12.5. The summed E-state index contributed by atoms with van der Waals surface area (Å²) in [6, 6.07) is 52.9. The average Bonchev–Trinajstić information content (AvgIpc) is 3.02. The summed E-state index contributed by atoms with van der Waals surface area (Å²) < 4.78 is 12.1. The van der Waals surface area contributed by atoms with Crippen LogP contribution < -0.4 is 24.2 Å². The van der Waals surface area contributed by atoms with E-state index in [2.05, 4.69) is 155 Å². The minimum absolute atomic E-state index is 0.868. The standard InChI is InChI=1S/C36H24N2OSi/c1-5-17-29-25(13-1)27-15-3-11-23-35(27)40-36-24-12-4-16-28(36)26-14-2-6-18-30(26)38(40)32-20-8-10-22-34(32)39-33-21-9-7-19-31(33)37(29)40/h1-24H. The van der Waals surface area contributed by atoms with Crippen molar-refractivity contribution in [2.24, 2.45) is 0 Å². The molecule has 3 heterocycles. The van der Waals surface area contributed by atoms with Crippen molar-refractivity contribution in [1.29, 1.82) is 0 Å². The Morgan fingerprint density at radius 3 is 1.18 bits per heavy atom. The molecule has 3 nitrogen and oxygen atoms in total. The summed E-state index contributed by atoms with van der Waals surface area (Å²) in [5, 5.41) is 2.75. The maximum absolute atomic E-state index is 6.82. The maximum atomic E-state index is 6.82. The molecular formula is C36H24N2OSi. The molecule has 188 valence electrons. The summed E-state index contributed by atoms with van der Waals surface area (Å²) in [5.74, 6) is 1.74. The first kappa shape index (κ1) is 21.8. The molecule has 0 unspecified atom stereocenters. The summed E-state index contributed by atoms with van der Waals surface area (Å²) in [6.45, 7) is 0. The van der Waals surface area contributed by atoms with Gasteiger partial charge in [-0.05, 0) is 57.9 Å². The highest BCUT2D eigenvalue weighted by Crippen LogP contribution is 2.55. The minimum Gasteiger partial charge on any atom is -0.453 e. The second kappa shape index (κ2) is 7.98. The van der Waals surface area contributed by atoms with Crippen LogP contribution >= 0.6 is 0 Å². The number of anilines is 4. The quantitative estimate of drug-likeness (QED) is 0.186. The number of hydrogen-bond acceptors (Lipinski definition) is 3. The molecule has 0 saturated carbocycles. The Balaban J connectivity index is 1.57. The molecule has 0 bridgehead atoms. The first-order valence-electron chi connectivity index (χ1n) is 13.7. The molecule has 3 aliphatic rings. The summed E-state index contributed by atoms with van der Waals surface area (Å²) in [4.78, 5) is 0. The van der Waals surface area contributed by atoms with Crippen molar-refractivity contribution in [3.8, 4) is 33.8 Å². The Labute approximate surface area is 234 Å². The summed E-state index contributed by atoms with van der Waals surface area (Å²) in [5.41, 5.74) is 9.69. The minimum atomic E-state index is -3.06. The van der Waals surface area contributed by atoms with Gasteiger partial charge in [-0.2, -0.15) is 0 Å². The third-order valence-corrected chi connectivity index (χ3v) is 13.2. The monoisotopic (exact) mass is 528 g/mol. The van der Waals surface area contributed by atoms with Crippen LogP contribution in [0.4, 0.5) is 22.7 Å². The van der Waals surface area contributed by atoms with Gasteiger partial charge in [0.05, 0.1) is 11.4 Å². The van der Waals surface area contributed by atoms with E-state index in [0.717, 1.165) is 22.9 Å². The zero-order valence-electron chi connectivity index (χ0n) is 21.7. The molecule has 6 aromatic carbocycles. The van der Waals surface area contributed by atoms with Gasteiger partial charge in [0.1, 0.15) is 11.5 Å². The summed E-state index contributed by atoms with van der Waals surface area (Å²) in [6.07, 6.45) is 0. The second-order valence-corrected chi connectivity index (χ2v) is 13.8. The van der Waals surface area contributed by atoms with Crippen molar-refractivity contribution in [3.63, 3.8) is 0 Å². The van der Waals surface area contributed by atoms with Gasteiger partial charge >= 0.3 is 8.40 Å². The van der Waals surface area contributed by atoms with E-state index in [4.69, 9.17) is 4.74 Å². The lowest BCUT2D eigenvalue weighted by molar-refractivity contribution is 0.484. The lowest BCUT2D eigenvalue weighted by atomic mass is 10.0. The zero-order chi connectivity index (χ0) is 26.3. The van der Waals surface area contributed by atoms with E-state index in [0.29, 0.717) is 0 Å². The largest absolute Gasteiger partial charge is 0.453 e. The lowest BCUT2D eigenvalue weighted by Crippen LogP contribution is -2.81. The Morgan fingerprint density at radius 1 is 0.350 bits per heavy atom. The number of hydrogen-bond donors (Lipinski definition) is 0. The van der Waals surface area contributed by atoms with Crippen LogP contribution in [-0.4, -0.2) is 8.40 Å². The third kappa shape index (κ3) is 2.63. The highest BCUT2D eigenvalue weighted by atomic mass is 28.3. The zero-order valence-corrected chi connectivity index (χ0v) is 22.7. The highest BCUT2D eigenvalue weighted by molar-refractivity contribution is 7.11. The van der Waals surface area contributed by atoms with E-state index in [1.807, 2.05) is 0 Å². The van der Waals surface area contributed by atoms with Crippen LogP contribution in [0.2, 0.25) is 0 Å². The van der Waals surface area contributed by atoms with Crippen molar-refractivity contribution < 1.29 is 4.74 Å². The Hall–Kier alpha value is -5.06. The molecule has 0 radical (unpaired) electrons. The number of benzene rings is 6. The highest BCUT2D eigenvalue weighted by Gasteiger charge is 2.60. The van der Waals surface area contributed by atoms with Gasteiger partial charge in [-0.15, -0.1) is 0 Å². The van der Waals surface area contributed by atoms with Gasteiger partial charge in [0.2, 0.25) is 0 Å². The van der Waals surface area contributed by atoms with Crippen LogP contribution in [0.5, 0.6) is 11.5 Å².